The number of thioether (sulfide) groups is 1. The van der Waals surface area contributed by atoms with Gasteiger partial charge in [-0.15, -0.1) is 0 Å². The van der Waals surface area contributed by atoms with Crippen LogP contribution >= 0.6 is 23.4 Å². The van der Waals surface area contributed by atoms with E-state index in [4.69, 9.17) is 40.0 Å². The van der Waals surface area contributed by atoms with Crippen molar-refractivity contribution in [3.63, 3.8) is 0 Å². The van der Waals surface area contributed by atoms with Crippen molar-refractivity contribution in [2.75, 3.05) is 98.1 Å². The molecule has 20 heteroatoms. The highest BCUT2D eigenvalue weighted by Crippen LogP contribution is 2.46. The number of ether oxygens (including phenoxy) is 6. The summed E-state index contributed by atoms with van der Waals surface area (Å²) in [4.78, 5) is 58.9. The molecule has 71 heavy (non-hydrogen) atoms. The van der Waals surface area contributed by atoms with Crippen molar-refractivity contribution in [1.82, 2.24) is 36.2 Å². The van der Waals surface area contributed by atoms with Gasteiger partial charge in [-0.2, -0.15) is 11.8 Å². The van der Waals surface area contributed by atoms with Crippen molar-refractivity contribution >= 4 is 69.0 Å². The number of halogens is 1. The minimum absolute atomic E-state index is 0.0294. The number of fused-ring (bicyclic) bond motifs is 3. The number of carbonyl (C=O) groups is 4. The van der Waals surface area contributed by atoms with Crippen LogP contribution in [0, 0.1) is 0 Å². The zero-order chi connectivity index (χ0) is 50.0. The highest BCUT2D eigenvalue weighted by Gasteiger charge is 2.42. The summed E-state index contributed by atoms with van der Waals surface area (Å²) in [7, 11) is 0. The van der Waals surface area contributed by atoms with E-state index in [0.717, 1.165) is 69.3 Å². The topological polar surface area (TPSA) is 239 Å². The number of H-pyrrole nitrogens is 3. The lowest BCUT2D eigenvalue weighted by Gasteiger charge is -2.16. The average molecular weight is 1020 g/mol. The molecular formula is C51H68ClN7O11S. The zero-order valence-electron chi connectivity index (χ0n) is 40.6. The molecule has 18 nitrogen and oxygen atoms in total. The molecule has 0 bridgehead atoms. The van der Waals surface area contributed by atoms with Crippen molar-refractivity contribution < 1.29 is 52.7 Å². The summed E-state index contributed by atoms with van der Waals surface area (Å²) >= 11 is 8.70. The maximum absolute atomic E-state index is 12.8. The van der Waals surface area contributed by atoms with Crippen LogP contribution in [0.3, 0.4) is 0 Å². The van der Waals surface area contributed by atoms with Crippen LogP contribution in [0.4, 0.5) is 4.79 Å². The fourth-order valence-electron chi connectivity index (χ4n) is 9.07. The zero-order valence-corrected chi connectivity index (χ0v) is 42.2. The monoisotopic (exact) mass is 1020 g/mol. The second-order valence-corrected chi connectivity index (χ2v) is 19.5. The van der Waals surface area contributed by atoms with Crippen LogP contribution in [0.25, 0.3) is 44.2 Å². The normalized spacial score (nSPS) is 16.5. The van der Waals surface area contributed by atoms with E-state index in [1.807, 2.05) is 48.3 Å². The summed E-state index contributed by atoms with van der Waals surface area (Å²) in [5, 5.41) is 24.9. The van der Waals surface area contributed by atoms with Gasteiger partial charge in [-0.1, -0.05) is 44.0 Å². The van der Waals surface area contributed by atoms with E-state index in [9.17, 15) is 24.3 Å². The Morgan fingerprint density at radius 1 is 0.746 bits per heavy atom. The Labute approximate surface area is 423 Å². The molecule has 2 aliphatic heterocycles. The first-order chi connectivity index (χ1) is 34.6. The van der Waals surface area contributed by atoms with Gasteiger partial charge in [-0.25, -0.2) is 9.59 Å². The Balaban J connectivity index is 0.667. The number of unbranched alkanes of at least 4 members (excludes halogenated alkanes) is 1. The molecule has 5 heterocycles. The number of amides is 4. The number of urea groups is 1. The van der Waals surface area contributed by atoms with Crippen LogP contribution in [0.2, 0.25) is 5.02 Å². The maximum atomic E-state index is 12.8. The van der Waals surface area contributed by atoms with Crippen LogP contribution < -0.4 is 21.3 Å². The van der Waals surface area contributed by atoms with E-state index in [1.54, 1.807) is 6.07 Å². The summed E-state index contributed by atoms with van der Waals surface area (Å²) in [6.45, 7) is 9.96. The van der Waals surface area contributed by atoms with Crippen LogP contribution in [-0.2, 0) is 44.4 Å². The molecule has 2 aliphatic rings. The van der Waals surface area contributed by atoms with E-state index in [0.29, 0.717) is 120 Å². The van der Waals surface area contributed by atoms with Crippen LogP contribution in [0.5, 0.6) is 0 Å². The number of aromatic nitrogens is 3. The predicted molar refractivity (Wildman–Crippen MR) is 275 cm³/mol. The number of rotatable bonds is 33. The highest BCUT2D eigenvalue weighted by atomic mass is 35.5. The van der Waals surface area contributed by atoms with Crippen LogP contribution in [0.15, 0.2) is 48.7 Å². The summed E-state index contributed by atoms with van der Waals surface area (Å²) in [6.07, 6.45) is 5.90. The minimum atomic E-state index is -1.07. The molecule has 0 saturated carbocycles. The molecule has 7 rings (SSSR count). The van der Waals surface area contributed by atoms with Gasteiger partial charge < -0.3 is 69.7 Å². The van der Waals surface area contributed by atoms with E-state index in [2.05, 4.69) is 56.1 Å². The highest BCUT2D eigenvalue weighted by molar-refractivity contribution is 8.00. The SMILES string of the molecule is CC(C)c1c(-c2cccc3[nH]c(CCNC(=O)CCOCCOCCOCCOCCOCCOCCNC(=O)CCCC[C@@H]4SC[C@@H]5NC(=O)N[C@@H]54)cc23)[nH]c(C(=O)O)c1-c1c(Cl)ccc2[nH]ccc12. The number of carboxylic acid groups (broad SMARTS) is 1. The quantitative estimate of drug-likeness (QED) is 0.0160. The molecule has 5 aromatic rings. The van der Waals surface area contributed by atoms with Crippen molar-refractivity contribution in [2.24, 2.45) is 0 Å². The third-order valence-electron chi connectivity index (χ3n) is 12.5. The average Bonchev–Trinajstić information content (AvgIpc) is 4.20. The molecule has 386 valence electrons. The lowest BCUT2D eigenvalue weighted by Crippen LogP contribution is -2.36. The fraction of sp³-hybridized carbons (Fsp3) is 0.529. The van der Waals surface area contributed by atoms with Gasteiger partial charge in [0.15, 0.2) is 0 Å². The van der Waals surface area contributed by atoms with Gasteiger partial charge in [0, 0.05) is 98.8 Å². The van der Waals surface area contributed by atoms with Crippen LogP contribution in [-0.4, -0.2) is 159 Å². The number of aromatic carboxylic acids is 1. The Bertz CT molecular complexity index is 2530. The Hall–Kier alpha value is -5.12. The molecule has 2 aromatic carbocycles. The largest absolute Gasteiger partial charge is 0.477 e. The third-order valence-corrected chi connectivity index (χ3v) is 14.3. The fourth-order valence-corrected chi connectivity index (χ4v) is 10.9. The molecular weight excluding hydrogens is 954 g/mol. The predicted octanol–water partition coefficient (Wildman–Crippen LogP) is 6.78. The Kier molecular flexibility index (Phi) is 20.9. The van der Waals surface area contributed by atoms with Crippen molar-refractivity contribution in [2.45, 2.75) is 75.6 Å². The van der Waals surface area contributed by atoms with E-state index >= 15 is 0 Å². The number of aromatic amines is 3. The lowest BCUT2D eigenvalue weighted by molar-refractivity contribution is -0.122. The molecule has 0 unspecified atom stereocenters. The maximum Gasteiger partial charge on any atom is 0.352 e. The van der Waals surface area contributed by atoms with Gasteiger partial charge in [-0.05, 0) is 54.7 Å². The molecule has 3 aromatic heterocycles. The lowest BCUT2D eigenvalue weighted by atomic mass is 9.89. The number of carbonyl (C=O) groups excluding carboxylic acids is 3. The van der Waals surface area contributed by atoms with E-state index in [1.165, 1.54) is 0 Å². The van der Waals surface area contributed by atoms with E-state index in [-0.39, 0.29) is 54.6 Å². The third kappa shape index (κ3) is 15.2. The number of carboxylic acids is 1. The second-order valence-electron chi connectivity index (χ2n) is 17.8. The van der Waals surface area contributed by atoms with Gasteiger partial charge in [0.05, 0.1) is 97.1 Å². The van der Waals surface area contributed by atoms with Crippen molar-refractivity contribution in [3.05, 3.63) is 70.6 Å². The molecule has 2 saturated heterocycles. The summed E-state index contributed by atoms with van der Waals surface area (Å²) in [6, 6.07) is 13.9. The number of hydrogen-bond acceptors (Lipinski definition) is 11. The smallest absolute Gasteiger partial charge is 0.352 e. The standard InChI is InChI=1S/C51H68ClN7O11S/c1-32(2)44-46(45-35-13-16-53-38(35)11-10-37(45)52)49(50(62)63)58-47(44)34-6-5-7-39-36(34)30-33(56-39)12-15-54-43(61)14-18-65-20-22-67-24-26-69-28-29-70-27-25-68-23-21-66-19-17-55-42(60)9-4-3-8-41-48-40(31-71-41)57-51(64)59-48/h5-7,10-11,13,16,30,32,40-41,48,53,56,58H,3-4,8-9,12,14-15,17-29,31H2,1-2H3,(H,54,61)(H,55,60)(H,62,63)(H2,57,59,64)/t40-,41-,48-/m0/s1. The minimum Gasteiger partial charge on any atom is -0.477 e. The molecule has 3 atom stereocenters. The molecule has 8 N–H and O–H groups in total. The van der Waals surface area contributed by atoms with Gasteiger partial charge in [0.25, 0.3) is 0 Å². The molecule has 0 aliphatic carbocycles. The molecule has 0 radical (unpaired) electrons. The first kappa shape index (κ1) is 53.7. The molecule has 0 spiro atoms. The number of benzene rings is 2. The first-order valence-electron chi connectivity index (χ1n) is 24.6. The summed E-state index contributed by atoms with van der Waals surface area (Å²) < 4.78 is 33.3. The Morgan fingerprint density at radius 3 is 2.10 bits per heavy atom. The van der Waals surface area contributed by atoms with Gasteiger partial charge >= 0.3 is 12.0 Å². The van der Waals surface area contributed by atoms with Crippen molar-refractivity contribution in [1.29, 1.82) is 0 Å². The summed E-state index contributed by atoms with van der Waals surface area (Å²) in [5.74, 6) is -0.235. The van der Waals surface area contributed by atoms with Gasteiger partial charge in [0.2, 0.25) is 11.8 Å². The van der Waals surface area contributed by atoms with Crippen LogP contribution in [0.1, 0.15) is 73.6 Å². The van der Waals surface area contributed by atoms with Crippen molar-refractivity contribution in [3.8, 4) is 22.4 Å². The molecule has 2 fully saturated rings. The number of nitrogens with one attached hydrogen (secondary N) is 7. The van der Waals surface area contributed by atoms with Gasteiger partial charge in [0.1, 0.15) is 5.69 Å². The van der Waals surface area contributed by atoms with Gasteiger partial charge in [-0.3, -0.25) is 9.59 Å². The Morgan fingerprint density at radius 2 is 1.41 bits per heavy atom. The van der Waals surface area contributed by atoms with E-state index < -0.39 is 5.97 Å². The molecule has 4 amide bonds. The second kappa shape index (κ2) is 27.6. The number of hydrogen-bond donors (Lipinski definition) is 8. The first-order valence-corrected chi connectivity index (χ1v) is 26.1. The summed E-state index contributed by atoms with van der Waals surface area (Å²) in [5.41, 5.74) is 6.52.